The van der Waals surface area contributed by atoms with E-state index in [0.29, 0.717) is 12.8 Å². The lowest BCUT2D eigenvalue weighted by molar-refractivity contribution is -0.297. The summed E-state index contributed by atoms with van der Waals surface area (Å²) in [5.41, 5.74) is 0. The molecule has 13 heteroatoms. The van der Waals surface area contributed by atoms with E-state index in [-0.39, 0.29) is 19.4 Å². The summed E-state index contributed by atoms with van der Waals surface area (Å²) in [6.07, 6.45) is 23.7. The molecule has 0 spiro atoms. The summed E-state index contributed by atoms with van der Waals surface area (Å²) in [4.78, 5) is 25.3. The van der Waals surface area contributed by atoms with Crippen molar-refractivity contribution in [3.63, 3.8) is 0 Å². The smallest absolute Gasteiger partial charge is 0.306 e. The Balaban J connectivity index is 2.51. The van der Waals surface area contributed by atoms with Gasteiger partial charge in [0.2, 0.25) is 0 Å². The lowest BCUT2D eigenvalue weighted by Gasteiger charge is -2.40. The van der Waals surface area contributed by atoms with Crippen LogP contribution in [0.3, 0.4) is 0 Å². The van der Waals surface area contributed by atoms with Crippen LogP contribution < -0.4 is 0 Å². The summed E-state index contributed by atoms with van der Waals surface area (Å²) < 4.78 is 53.9. The maximum absolute atomic E-state index is 12.7. The second-order valence-electron chi connectivity index (χ2n) is 14.6. The van der Waals surface area contributed by atoms with Gasteiger partial charge in [0.1, 0.15) is 36.8 Å². The molecular weight excluding hydrogens is 717 g/mol. The molecule has 0 radical (unpaired) electrons. The molecule has 4 N–H and O–H groups in total. The first-order chi connectivity index (χ1) is 26.0. The van der Waals surface area contributed by atoms with Crippen molar-refractivity contribution < 1.29 is 56.8 Å². The molecule has 54 heavy (non-hydrogen) atoms. The van der Waals surface area contributed by atoms with Gasteiger partial charge in [-0.15, -0.1) is 0 Å². The van der Waals surface area contributed by atoms with E-state index in [4.69, 9.17) is 18.9 Å². The maximum atomic E-state index is 12.7. The number of carbonyl (C=O) groups is 2. The van der Waals surface area contributed by atoms with Crippen molar-refractivity contribution >= 4 is 22.1 Å². The molecule has 316 valence electrons. The Morgan fingerprint density at radius 3 is 1.57 bits per heavy atom. The first kappa shape index (κ1) is 50.1. The molecule has 0 bridgehead atoms. The van der Waals surface area contributed by atoms with E-state index in [0.717, 1.165) is 64.2 Å². The minimum atomic E-state index is -4.60. The zero-order valence-electron chi connectivity index (χ0n) is 33.3. The normalized spacial score (nSPS) is 21.2. The van der Waals surface area contributed by atoms with Gasteiger partial charge in [0.05, 0.1) is 6.61 Å². The van der Waals surface area contributed by atoms with Crippen LogP contribution in [-0.4, -0.2) is 96.0 Å². The number of esters is 2. The van der Waals surface area contributed by atoms with Crippen LogP contribution in [0.1, 0.15) is 168 Å². The maximum Gasteiger partial charge on any atom is 0.306 e. The van der Waals surface area contributed by atoms with Crippen LogP contribution in [0.25, 0.3) is 0 Å². The molecule has 0 aliphatic carbocycles. The highest BCUT2D eigenvalue weighted by atomic mass is 32.2. The Morgan fingerprint density at radius 1 is 0.611 bits per heavy atom. The Morgan fingerprint density at radius 2 is 1.06 bits per heavy atom. The molecule has 0 aromatic carbocycles. The monoisotopic (exact) mass is 790 g/mol. The van der Waals surface area contributed by atoms with Crippen molar-refractivity contribution in [2.45, 2.75) is 205 Å². The summed E-state index contributed by atoms with van der Waals surface area (Å²) in [5.74, 6) is -2.01. The Bertz CT molecular complexity index is 1110. The minimum Gasteiger partial charge on any atom is -0.462 e. The zero-order chi connectivity index (χ0) is 39.9. The van der Waals surface area contributed by atoms with Crippen molar-refractivity contribution in [1.29, 1.82) is 0 Å². The third kappa shape index (κ3) is 26.9. The van der Waals surface area contributed by atoms with Crippen molar-refractivity contribution in [2.24, 2.45) is 0 Å². The van der Waals surface area contributed by atoms with Gasteiger partial charge in [-0.3, -0.25) is 14.1 Å². The number of hydrogen-bond acceptors (Lipinski definition) is 11. The van der Waals surface area contributed by atoms with E-state index < -0.39 is 71.2 Å². The second kappa shape index (κ2) is 32.2. The second-order valence-corrected chi connectivity index (χ2v) is 16.1. The van der Waals surface area contributed by atoms with E-state index >= 15 is 0 Å². The predicted octanol–water partition coefficient (Wildman–Crippen LogP) is 7.67. The third-order valence-electron chi connectivity index (χ3n) is 9.50. The zero-order valence-corrected chi connectivity index (χ0v) is 34.1. The van der Waals surface area contributed by atoms with Gasteiger partial charge in [0, 0.05) is 12.8 Å². The fourth-order valence-corrected chi connectivity index (χ4v) is 6.88. The van der Waals surface area contributed by atoms with Gasteiger partial charge in [-0.2, -0.15) is 8.42 Å². The Labute approximate surface area is 326 Å². The van der Waals surface area contributed by atoms with Crippen LogP contribution >= 0.6 is 0 Å². The Hall–Kier alpha value is -1.87. The molecule has 0 aromatic heterocycles. The van der Waals surface area contributed by atoms with Crippen LogP contribution in [0.4, 0.5) is 0 Å². The standard InChI is InChI=1S/C41H74O12S/c1-3-5-7-9-11-13-15-17-19-21-23-25-27-29-36(42)50-31-34(32-51-41-40(46)39(45)38(44)35(53-41)33-54(47,48)49)52-37(43)30-28-26-24-22-20-18-16-14-12-10-8-6-4-2/h14,16-17,19,34-35,38-41,44-46H,3-13,15,18,20-33H2,1-2H3,(H,47,48,49)/b16-14+,19-17+/t34-,35+,38+,39?,40?,41-/m1/s1. The van der Waals surface area contributed by atoms with Gasteiger partial charge >= 0.3 is 11.9 Å². The first-order valence-electron chi connectivity index (χ1n) is 20.9. The number of unbranched alkanes of at least 4 members (excludes halogenated alkanes) is 18. The SMILES string of the molecule is CCCCCC/C=C/CCCCCCCC(=O)O[C@H](COC(=O)CCCCC/C=C/CCCCCCCC)CO[C@@H]1O[C@@H](CS(=O)(=O)O)[C@H](O)C(O)C1O. The van der Waals surface area contributed by atoms with Gasteiger partial charge in [0.15, 0.2) is 12.4 Å². The van der Waals surface area contributed by atoms with E-state index in [1.165, 1.54) is 64.2 Å². The van der Waals surface area contributed by atoms with Crippen LogP contribution in [0.5, 0.6) is 0 Å². The lowest BCUT2D eigenvalue weighted by Crippen LogP contribution is -2.60. The van der Waals surface area contributed by atoms with Crippen LogP contribution in [-0.2, 0) is 38.7 Å². The number of carbonyl (C=O) groups excluding carboxylic acids is 2. The Kier molecular flexibility index (Phi) is 29.9. The highest BCUT2D eigenvalue weighted by Gasteiger charge is 2.46. The van der Waals surface area contributed by atoms with Gasteiger partial charge in [-0.05, 0) is 64.2 Å². The average molecular weight is 791 g/mol. The van der Waals surface area contributed by atoms with Crippen LogP contribution in [0, 0.1) is 0 Å². The minimum absolute atomic E-state index is 0.152. The molecule has 12 nitrogen and oxygen atoms in total. The summed E-state index contributed by atoms with van der Waals surface area (Å²) in [5, 5.41) is 30.8. The van der Waals surface area contributed by atoms with E-state index in [1.807, 2.05) is 0 Å². The number of aliphatic hydroxyl groups is 3. The summed E-state index contributed by atoms with van der Waals surface area (Å²) in [7, 11) is -4.60. The number of hydrogen-bond donors (Lipinski definition) is 4. The summed E-state index contributed by atoms with van der Waals surface area (Å²) in [6, 6.07) is 0. The van der Waals surface area contributed by atoms with Crippen LogP contribution in [0.15, 0.2) is 24.3 Å². The third-order valence-corrected chi connectivity index (χ3v) is 10.3. The van der Waals surface area contributed by atoms with Crippen molar-refractivity contribution in [3.8, 4) is 0 Å². The van der Waals surface area contributed by atoms with Crippen molar-refractivity contribution in [1.82, 2.24) is 0 Å². The van der Waals surface area contributed by atoms with Gasteiger partial charge in [-0.25, -0.2) is 0 Å². The van der Waals surface area contributed by atoms with E-state index in [2.05, 4.69) is 38.2 Å². The highest BCUT2D eigenvalue weighted by molar-refractivity contribution is 7.85. The fourth-order valence-electron chi connectivity index (χ4n) is 6.19. The molecule has 1 aliphatic heterocycles. The summed E-state index contributed by atoms with van der Waals surface area (Å²) in [6.45, 7) is 3.70. The van der Waals surface area contributed by atoms with E-state index in [9.17, 15) is 37.9 Å². The molecule has 0 aromatic rings. The lowest BCUT2D eigenvalue weighted by atomic mass is 10.00. The molecule has 1 rings (SSSR count). The molecule has 1 saturated heterocycles. The van der Waals surface area contributed by atoms with Crippen LogP contribution in [0.2, 0.25) is 0 Å². The number of allylic oxidation sites excluding steroid dienone is 4. The topological polar surface area (TPSA) is 186 Å². The predicted molar refractivity (Wildman–Crippen MR) is 210 cm³/mol. The molecule has 2 unspecified atom stereocenters. The van der Waals surface area contributed by atoms with Gasteiger partial charge in [0.25, 0.3) is 10.1 Å². The first-order valence-corrected chi connectivity index (χ1v) is 22.5. The largest absolute Gasteiger partial charge is 0.462 e. The molecule has 1 heterocycles. The fraction of sp³-hybridized carbons (Fsp3) is 0.854. The molecule has 0 amide bonds. The van der Waals surface area contributed by atoms with E-state index in [1.54, 1.807) is 0 Å². The van der Waals surface area contributed by atoms with Gasteiger partial charge < -0.3 is 34.3 Å². The highest BCUT2D eigenvalue weighted by Crippen LogP contribution is 2.24. The number of rotatable bonds is 34. The van der Waals surface area contributed by atoms with Crippen molar-refractivity contribution in [3.05, 3.63) is 24.3 Å². The quantitative estimate of drug-likeness (QED) is 0.0216. The van der Waals surface area contributed by atoms with Gasteiger partial charge in [-0.1, -0.05) is 115 Å². The molecule has 6 atom stereocenters. The summed E-state index contributed by atoms with van der Waals surface area (Å²) >= 11 is 0. The molecular formula is C41H74O12S. The molecule has 1 aliphatic rings. The molecule has 1 fully saturated rings. The molecule has 0 saturated carbocycles. The number of ether oxygens (including phenoxy) is 4. The average Bonchev–Trinajstić information content (AvgIpc) is 3.13. The number of aliphatic hydroxyl groups excluding tert-OH is 3. The van der Waals surface area contributed by atoms with Crippen molar-refractivity contribution in [2.75, 3.05) is 19.0 Å².